The van der Waals surface area contributed by atoms with E-state index in [1.54, 1.807) is 6.20 Å². The molecule has 2 heterocycles. The minimum absolute atomic E-state index is 0. The Bertz CT molecular complexity index is 1560. The highest BCUT2D eigenvalue weighted by molar-refractivity contribution is 5.62. The van der Waals surface area contributed by atoms with E-state index in [-0.39, 0.29) is 27.8 Å². The first-order valence-corrected chi connectivity index (χ1v) is 14.9. The van der Waals surface area contributed by atoms with E-state index < -0.39 is 12.7 Å². The molecule has 0 atom stereocenters. The minimum Gasteiger partial charge on any atom is -0.201 e. The van der Waals surface area contributed by atoms with Crippen LogP contribution in [0.4, 0.5) is 0 Å². The summed E-state index contributed by atoms with van der Waals surface area (Å²) in [5.74, 6) is -0.228. The Balaban J connectivity index is 0.000000858. The molecular formula is C41H64N2+2. The van der Waals surface area contributed by atoms with Gasteiger partial charge in [0, 0.05) is 39.9 Å². The van der Waals surface area contributed by atoms with Crippen molar-refractivity contribution in [1.82, 2.24) is 0 Å². The Kier molecular flexibility index (Phi) is 14.0. The van der Waals surface area contributed by atoms with E-state index in [1.807, 2.05) is 62.7 Å². The van der Waals surface area contributed by atoms with Crippen LogP contribution in [0.2, 0.25) is 0 Å². The molecule has 4 aromatic rings. The number of aromatic nitrogens is 2. The van der Waals surface area contributed by atoms with E-state index in [0.717, 1.165) is 16.8 Å². The van der Waals surface area contributed by atoms with Crippen molar-refractivity contribution in [3.63, 3.8) is 0 Å². The third-order valence-corrected chi connectivity index (χ3v) is 8.29. The van der Waals surface area contributed by atoms with Gasteiger partial charge >= 0.3 is 0 Å². The molecule has 0 fully saturated rings. The number of pyridine rings is 2. The molecule has 2 nitrogen and oxygen atoms in total. The summed E-state index contributed by atoms with van der Waals surface area (Å²) in [5, 5.41) is 0. The fraction of sp³-hybridized carbons (Fsp3) is 0.463. The normalized spacial score (nSPS) is 12.2. The molecule has 43 heavy (non-hydrogen) atoms. The van der Waals surface area contributed by atoms with Gasteiger partial charge in [-0.05, 0) is 99.5 Å². The standard InChI is InChI=1S/2C19H26N.3CH4/c2*1-6-16(7-2)18-12-19(20(5)13-15(18)4)17-11-9-8-10-14(17)3;;;/h2*8-13,16H,6-7H2,1-5H3;3*1H4/q2*+1;;;/i4D3,16D;;;;. The van der Waals surface area contributed by atoms with Crippen molar-refractivity contribution in [2.45, 2.75) is 115 Å². The molecule has 0 saturated carbocycles. The molecule has 2 heteroatoms. The molecular weight excluding hydrogens is 520 g/mol. The van der Waals surface area contributed by atoms with Gasteiger partial charge < -0.3 is 0 Å². The molecule has 236 valence electrons. The van der Waals surface area contributed by atoms with Crippen molar-refractivity contribution in [2.75, 3.05) is 0 Å². The van der Waals surface area contributed by atoms with E-state index in [9.17, 15) is 0 Å². The summed E-state index contributed by atoms with van der Waals surface area (Å²) in [6, 6.07) is 21.0. The summed E-state index contributed by atoms with van der Waals surface area (Å²) in [6.07, 6.45) is 7.52. The fourth-order valence-electron chi connectivity index (χ4n) is 5.79. The highest BCUT2D eigenvalue weighted by atomic mass is 14.9. The van der Waals surface area contributed by atoms with Gasteiger partial charge in [-0.25, -0.2) is 9.13 Å². The van der Waals surface area contributed by atoms with Crippen LogP contribution in [0, 0.1) is 27.6 Å². The van der Waals surface area contributed by atoms with Crippen LogP contribution in [0.15, 0.2) is 73.1 Å². The summed E-state index contributed by atoms with van der Waals surface area (Å²) in [4.78, 5) is 0. The lowest BCUT2D eigenvalue weighted by Gasteiger charge is -2.16. The molecule has 2 aromatic heterocycles. The third kappa shape index (κ3) is 9.36. The van der Waals surface area contributed by atoms with Gasteiger partial charge in [-0.3, -0.25) is 0 Å². The predicted octanol–water partition coefficient (Wildman–Crippen LogP) is 11.3. The zero-order valence-electron chi connectivity index (χ0n) is 30.2. The van der Waals surface area contributed by atoms with Crippen LogP contribution in [-0.2, 0) is 14.1 Å². The van der Waals surface area contributed by atoms with E-state index in [1.165, 1.54) is 40.8 Å². The monoisotopic (exact) mass is 589 g/mol. The summed E-state index contributed by atoms with van der Waals surface area (Å²) in [7, 11) is 4.01. The van der Waals surface area contributed by atoms with Gasteiger partial charge in [-0.2, -0.15) is 0 Å². The van der Waals surface area contributed by atoms with Gasteiger partial charge in [0.25, 0.3) is 0 Å². The summed E-state index contributed by atoms with van der Waals surface area (Å²) >= 11 is 0. The molecule has 4 rings (SSSR count). The Morgan fingerprint density at radius 2 is 1.02 bits per heavy atom. The maximum Gasteiger partial charge on any atom is 0.212 e. The molecule has 2 aromatic carbocycles. The molecule has 0 radical (unpaired) electrons. The topological polar surface area (TPSA) is 7.76 Å². The molecule has 0 aliphatic rings. The Hall–Kier alpha value is -3.26. The van der Waals surface area contributed by atoms with Crippen LogP contribution in [0.1, 0.15) is 126 Å². The van der Waals surface area contributed by atoms with Gasteiger partial charge in [-0.15, -0.1) is 0 Å². The molecule has 0 N–H and O–H groups in total. The van der Waals surface area contributed by atoms with Crippen LogP contribution >= 0.6 is 0 Å². The lowest BCUT2D eigenvalue weighted by atomic mass is 9.90. The van der Waals surface area contributed by atoms with Gasteiger partial charge in [0.1, 0.15) is 14.1 Å². The molecule has 0 amide bonds. The fourth-order valence-corrected chi connectivity index (χ4v) is 5.79. The summed E-state index contributed by atoms with van der Waals surface area (Å²) in [5.41, 5.74) is 10.9. The van der Waals surface area contributed by atoms with Crippen LogP contribution < -0.4 is 9.13 Å². The predicted molar refractivity (Wildman–Crippen MR) is 192 cm³/mol. The Morgan fingerprint density at radius 1 is 0.605 bits per heavy atom. The lowest BCUT2D eigenvalue weighted by Crippen LogP contribution is -2.32. The van der Waals surface area contributed by atoms with Crippen molar-refractivity contribution in [3.05, 3.63) is 106 Å². The molecule has 0 bridgehead atoms. The molecule has 0 saturated heterocycles. The second-order valence-electron chi connectivity index (χ2n) is 11.0. The van der Waals surface area contributed by atoms with Crippen LogP contribution in [0.3, 0.4) is 0 Å². The lowest BCUT2D eigenvalue weighted by molar-refractivity contribution is -0.661. The average Bonchev–Trinajstić information content (AvgIpc) is 2.99. The number of benzene rings is 2. The molecule has 0 aliphatic carbocycles. The quantitative estimate of drug-likeness (QED) is 0.181. The van der Waals surface area contributed by atoms with E-state index in [0.29, 0.717) is 24.3 Å². The second-order valence-corrected chi connectivity index (χ2v) is 11.0. The second kappa shape index (κ2) is 18.4. The molecule has 0 unspecified atom stereocenters. The Labute approximate surface area is 272 Å². The number of nitrogens with zero attached hydrogens (tertiary/aromatic N) is 2. The number of aryl methyl sites for hydroxylation is 6. The van der Waals surface area contributed by atoms with E-state index in [4.69, 9.17) is 5.48 Å². The largest absolute Gasteiger partial charge is 0.212 e. The smallest absolute Gasteiger partial charge is 0.201 e. The molecule has 0 aliphatic heterocycles. The number of hydrogen-bond acceptors (Lipinski definition) is 0. The van der Waals surface area contributed by atoms with Gasteiger partial charge in [0.05, 0.1) is 0 Å². The highest BCUT2D eigenvalue weighted by Crippen LogP contribution is 2.30. The van der Waals surface area contributed by atoms with E-state index in [2.05, 4.69) is 75.8 Å². The Morgan fingerprint density at radius 3 is 1.42 bits per heavy atom. The number of hydrogen-bond donors (Lipinski definition) is 0. The first-order chi connectivity index (χ1) is 20.7. The average molecular weight is 589 g/mol. The van der Waals surface area contributed by atoms with Crippen molar-refractivity contribution in [1.29, 1.82) is 0 Å². The first kappa shape index (κ1) is 32.6. The van der Waals surface area contributed by atoms with Crippen molar-refractivity contribution in [2.24, 2.45) is 14.1 Å². The number of rotatable bonds is 8. The van der Waals surface area contributed by atoms with Crippen LogP contribution in [-0.4, -0.2) is 0 Å². The summed E-state index contributed by atoms with van der Waals surface area (Å²) < 4.78 is 36.6. The van der Waals surface area contributed by atoms with Crippen molar-refractivity contribution >= 4 is 0 Å². The summed E-state index contributed by atoms with van der Waals surface area (Å²) in [6.45, 7) is 12.7. The maximum absolute atomic E-state index is 8.80. The maximum atomic E-state index is 8.80. The first-order valence-electron chi connectivity index (χ1n) is 16.9. The zero-order valence-corrected chi connectivity index (χ0v) is 26.2. The zero-order chi connectivity index (χ0) is 32.8. The van der Waals surface area contributed by atoms with Crippen molar-refractivity contribution < 1.29 is 14.6 Å². The highest BCUT2D eigenvalue weighted by Gasteiger charge is 2.20. The van der Waals surface area contributed by atoms with Gasteiger partial charge in [0.2, 0.25) is 11.4 Å². The van der Waals surface area contributed by atoms with Crippen LogP contribution in [0.25, 0.3) is 22.5 Å². The van der Waals surface area contributed by atoms with Gasteiger partial charge in [0.15, 0.2) is 12.4 Å². The van der Waals surface area contributed by atoms with Crippen molar-refractivity contribution in [3.8, 4) is 22.5 Å². The van der Waals surface area contributed by atoms with Gasteiger partial charge in [-0.1, -0.05) is 86.4 Å². The van der Waals surface area contributed by atoms with Crippen LogP contribution in [0.5, 0.6) is 0 Å². The minimum atomic E-state index is -2.23. The SMILES string of the molecule is C.C.C.CCC(CC)c1cc(-c2ccccc2C)[n+](C)cc1C.[2H]C([2H])([2H])c1c[n+](C)c(-c2ccccc2C)cc1C([2H])(CC)CC. The van der Waals surface area contributed by atoms with E-state index >= 15 is 0 Å². The third-order valence-electron chi connectivity index (χ3n) is 8.29. The molecule has 0 spiro atoms.